The molecule has 6 nitrogen and oxygen atoms in total. The second-order valence-corrected chi connectivity index (χ2v) is 8.58. The maximum Gasteiger partial charge on any atom is 0.240 e. The molecule has 1 aliphatic carbocycles. The Morgan fingerprint density at radius 3 is 2.33 bits per heavy atom. The van der Waals surface area contributed by atoms with Crippen molar-refractivity contribution >= 4 is 30.7 Å². The topological polar surface area (TPSA) is 76.8 Å². The van der Waals surface area contributed by atoms with Crippen LogP contribution in [0.25, 0.3) is 0 Å². The summed E-state index contributed by atoms with van der Waals surface area (Å²) in [6, 6.07) is 8.28. The Labute approximate surface area is 193 Å². The van der Waals surface area contributed by atoms with E-state index in [9.17, 15) is 4.79 Å². The predicted molar refractivity (Wildman–Crippen MR) is 125 cm³/mol. The molecule has 172 valence electrons. The van der Waals surface area contributed by atoms with Gasteiger partial charge in [-0.15, -0.1) is 24.8 Å². The largest absolute Gasteiger partial charge is 0.497 e. The normalized spacial score (nSPS) is 26.0. The fourth-order valence-electron chi connectivity index (χ4n) is 4.50. The van der Waals surface area contributed by atoms with Crippen LogP contribution < -0.4 is 15.8 Å². The van der Waals surface area contributed by atoms with E-state index >= 15 is 0 Å². The molecule has 0 bridgehead atoms. The molecule has 30 heavy (non-hydrogen) atoms. The third kappa shape index (κ3) is 5.05. The lowest BCUT2D eigenvalue weighted by Gasteiger charge is -2.57. The molecule has 3 N–H and O–H groups in total. The van der Waals surface area contributed by atoms with Gasteiger partial charge in [0.2, 0.25) is 5.91 Å². The van der Waals surface area contributed by atoms with Crippen LogP contribution in [0.4, 0.5) is 0 Å². The Balaban J connectivity index is 0.00000225. The molecular weight excluding hydrogens is 425 g/mol. The zero-order chi connectivity index (χ0) is 20.4. The van der Waals surface area contributed by atoms with E-state index in [0.29, 0.717) is 19.6 Å². The van der Waals surface area contributed by atoms with Gasteiger partial charge in [-0.1, -0.05) is 26.0 Å². The van der Waals surface area contributed by atoms with Gasteiger partial charge in [0.25, 0.3) is 0 Å². The van der Waals surface area contributed by atoms with Crippen molar-refractivity contribution in [2.45, 2.75) is 57.7 Å². The minimum absolute atomic E-state index is 0. The van der Waals surface area contributed by atoms with Gasteiger partial charge in [-0.2, -0.15) is 0 Å². The van der Waals surface area contributed by atoms with Gasteiger partial charge in [0.1, 0.15) is 11.3 Å². The van der Waals surface area contributed by atoms with E-state index in [2.05, 4.69) is 22.3 Å². The highest BCUT2D eigenvalue weighted by Gasteiger charge is 2.62. The summed E-state index contributed by atoms with van der Waals surface area (Å²) in [5.74, 6) is 0.762. The van der Waals surface area contributed by atoms with E-state index in [1.807, 2.05) is 32.9 Å². The van der Waals surface area contributed by atoms with E-state index in [4.69, 9.17) is 15.2 Å². The van der Waals surface area contributed by atoms with Crippen molar-refractivity contribution in [2.75, 3.05) is 33.4 Å². The summed E-state index contributed by atoms with van der Waals surface area (Å²) in [6.07, 6.45) is 3.00. The molecule has 0 spiro atoms. The molecule has 2 fully saturated rings. The van der Waals surface area contributed by atoms with Crippen LogP contribution in [0.2, 0.25) is 0 Å². The third-order valence-electron chi connectivity index (χ3n) is 6.77. The van der Waals surface area contributed by atoms with Crippen LogP contribution in [-0.2, 0) is 9.53 Å². The highest BCUT2D eigenvalue weighted by Crippen LogP contribution is 2.49. The molecule has 0 radical (unpaired) electrons. The Bertz CT molecular complexity index is 681. The Kier molecular flexibility index (Phi) is 9.90. The van der Waals surface area contributed by atoms with Gasteiger partial charge in [0.05, 0.1) is 19.3 Å². The maximum absolute atomic E-state index is 13.0. The Morgan fingerprint density at radius 1 is 1.23 bits per heavy atom. The minimum Gasteiger partial charge on any atom is -0.497 e. The number of hydrogen-bond acceptors (Lipinski definition) is 5. The van der Waals surface area contributed by atoms with Crippen molar-refractivity contribution in [1.29, 1.82) is 0 Å². The predicted octanol–water partition coefficient (Wildman–Crippen LogP) is 3.32. The lowest BCUT2D eigenvalue weighted by Crippen LogP contribution is -2.76. The first kappa shape index (κ1) is 27.0. The van der Waals surface area contributed by atoms with Gasteiger partial charge < -0.3 is 20.5 Å². The Morgan fingerprint density at radius 2 is 1.83 bits per heavy atom. The number of hydrogen-bond donors (Lipinski definition) is 2. The van der Waals surface area contributed by atoms with E-state index in [1.54, 1.807) is 7.11 Å². The molecule has 1 saturated heterocycles. The van der Waals surface area contributed by atoms with E-state index in [0.717, 1.165) is 18.8 Å². The number of carbonyl (C=O) groups is 1. The number of ether oxygens (including phenoxy) is 2. The Hall–Kier alpha value is -1.05. The summed E-state index contributed by atoms with van der Waals surface area (Å²) >= 11 is 0. The fraction of sp³-hybridized carbons (Fsp3) is 0.682. The summed E-state index contributed by atoms with van der Waals surface area (Å²) < 4.78 is 11.0. The van der Waals surface area contributed by atoms with Gasteiger partial charge in [0, 0.05) is 25.0 Å². The summed E-state index contributed by atoms with van der Waals surface area (Å²) in [4.78, 5) is 15.5. The molecule has 1 aromatic rings. The number of methoxy groups -OCH3 is 1. The second kappa shape index (κ2) is 11.0. The molecule has 0 aromatic heterocycles. The van der Waals surface area contributed by atoms with Crippen LogP contribution >= 0.6 is 24.8 Å². The van der Waals surface area contributed by atoms with Crippen molar-refractivity contribution in [3.05, 3.63) is 29.8 Å². The molecule has 3 atom stereocenters. The number of benzene rings is 1. The van der Waals surface area contributed by atoms with Gasteiger partial charge in [-0.25, -0.2) is 0 Å². The van der Waals surface area contributed by atoms with Gasteiger partial charge in [-0.3, -0.25) is 9.69 Å². The second-order valence-electron chi connectivity index (χ2n) is 8.58. The molecular formula is C22H37Cl2N3O3. The van der Waals surface area contributed by atoms with Crippen molar-refractivity contribution in [3.8, 4) is 5.75 Å². The smallest absolute Gasteiger partial charge is 0.240 e. The van der Waals surface area contributed by atoms with Crippen molar-refractivity contribution in [1.82, 2.24) is 10.2 Å². The molecule has 1 amide bonds. The van der Waals surface area contributed by atoms with E-state index in [1.165, 1.54) is 18.4 Å². The van der Waals surface area contributed by atoms with Crippen LogP contribution in [0, 0.1) is 5.41 Å². The molecule has 3 rings (SSSR count). The number of nitrogens with zero attached hydrogens (tertiary/aromatic N) is 1. The van der Waals surface area contributed by atoms with E-state index in [-0.39, 0.29) is 48.3 Å². The van der Waals surface area contributed by atoms with E-state index < -0.39 is 5.54 Å². The number of halogens is 2. The average Bonchev–Trinajstić information content (AvgIpc) is 3.22. The fourth-order valence-corrected chi connectivity index (χ4v) is 4.50. The molecule has 2 aliphatic rings. The van der Waals surface area contributed by atoms with Crippen LogP contribution in [0.5, 0.6) is 5.75 Å². The SMILES string of the molecule is CCOC1CC(N)(C(=O)NCC(c2ccc(OC)cc2)N2CCCC2)C1(C)C.Cl.Cl. The van der Waals surface area contributed by atoms with Gasteiger partial charge >= 0.3 is 0 Å². The zero-order valence-corrected chi connectivity index (χ0v) is 20.1. The number of nitrogens with two attached hydrogens (primary N) is 1. The summed E-state index contributed by atoms with van der Waals surface area (Å²) in [6.45, 7) is 9.33. The van der Waals surface area contributed by atoms with Crippen molar-refractivity contribution in [3.63, 3.8) is 0 Å². The monoisotopic (exact) mass is 461 g/mol. The zero-order valence-electron chi connectivity index (χ0n) is 18.5. The van der Waals surface area contributed by atoms with Crippen molar-refractivity contribution in [2.24, 2.45) is 11.1 Å². The van der Waals surface area contributed by atoms with Crippen LogP contribution in [-0.4, -0.2) is 55.8 Å². The molecule has 1 aliphatic heterocycles. The molecule has 1 heterocycles. The quantitative estimate of drug-likeness (QED) is 0.620. The first-order valence-corrected chi connectivity index (χ1v) is 10.4. The van der Waals surface area contributed by atoms with Crippen LogP contribution in [0.1, 0.15) is 51.6 Å². The van der Waals surface area contributed by atoms with Gasteiger partial charge in [-0.05, 0) is 50.6 Å². The highest BCUT2D eigenvalue weighted by atomic mass is 35.5. The summed E-state index contributed by atoms with van der Waals surface area (Å²) in [5, 5.41) is 3.16. The van der Waals surface area contributed by atoms with Crippen molar-refractivity contribution < 1.29 is 14.3 Å². The summed E-state index contributed by atoms with van der Waals surface area (Å²) in [5.41, 5.74) is 6.46. The lowest BCUT2D eigenvalue weighted by molar-refractivity contribution is -0.170. The molecule has 3 unspecified atom stereocenters. The van der Waals surface area contributed by atoms with Crippen LogP contribution in [0.3, 0.4) is 0 Å². The van der Waals surface area contributed by atoms with Gasteiger partial charge in [0.15, 0.2) is 0 Å². The maximum atomic E-state index is 13.0. The first-order chi connectivity index (χ1) is 13.3. The number of rotatable bonds is 8. The highest BCUT2D eigenvalue weighted by molar-refractivity contribution is 5.88. The number of amides is 1. The molecule has 1 aromatic carbocycles. The lowest BCUT2D eigenvalue weighted by atomic mass is 9.54. The first-order valence-electron chi connectivity index (χ1n) is 10.4. The number of likely N-dealkylation sites (tertiary alicyclic amines) is 1. The molecule has 8 heteroatoms. The minimum atomic E-state index is -0.887. The standard InChI is InChI=1S/C22H35N3O3.2ClH/c1-5-28-19-14-22(23,21(19,2)3)20(26)24-15-18(25-12-6-7-13-25)16-8-10-17(27-4)11-9-16;;/h8-11,18-19H,5-7,12-15,23H2,1-4H3,(H,24,26);2*1H. The average molecular weight is 462 g/mol. The molecule has 1 saturated carbocycles. The van der Waals surface area contributed by atoms with Crippen LogP contribution in [0.15, 0.2) is 24.3 Å². The third-order valence-corrected chi connectivity index (χ3v) is 6.77. The summed E-state index contributed by atoms with van der Waals surface area (Å²) in [7, 11) is 1.67. The number of carbonyl (C=O) groups excluding carboxylic acids is 1. The number of nitrogens with one attached hydrogen (secondary N) is 1.